The average molecular weight is 404 g/mol. The summed E-state index contributed by atoms with van der Waals surface area (Å²) in [5, 5.41) is 2.95. The smallest absolute Gasteiger partial charge is 0.251 e. The molecular weight excluding hydrogens is 380 g/mol. The van der Waals surface area contributed by atoms with E-state index in [9.17, 15) is 13.2 Å². The second-order valence-electron chi connectivity index (χ2n) is 6.57. The number of rotatable bonds is 6. The number of anilines is 1. The molecule has 150 valence electrons. The molecule has 1 aliphatic rings. The summed E-state index contributed by atoms with van der Waals surface area (Å²) in [7, 11) is -3.35. The zero-order chi connectivity index (χ0) is 20.3. The predicted octanol–water partition coefficient (Wildman–Crippen LogP) is 2.73. The quantitative estimate of drug-likeness (QED) is 0.800. The van der Waals surface area contributed by atoms with Gasteiger partial charge < -0.3 is 14.8 Å². The van der Waals surface area contributed by atoms with Gasteiger partial charge in [0, 0.05) is 12.1 Å². The molecule has 0 aromatic heterocycles. The van der Waals surface area contributed by atoms with Gasteiger partial charge in [-0.15, -0.1) is 0 Å². The van der Waals surface area contributed by atoms with Crippen LogP contribution < -0.4 is 19.1 Å². The van der Waals surface area contributed by atoms with Gasteiger partial charge in [0.25, 0.3) is 5.91 Å². The van der Waals surface area contributed by atoms with E-state index in [-0.39, 0.29) is 11.9 Å². The van der Waals surface area contributed by atoms with Crippen molar-refractivity contribution in [2.24, 2.45) is 0 Å². The van der Waals surface area contributed by atoms with E-state index in [1.54, 1.807) is 31.2 Å². The lowest BCUT2D eigenvalue weighted by molar-refractivity contribution is 0.0939. The van der Waals surface area contributed by atoms with E-state index in [2.05, 4.69) is 5.32 Å². The summed E-state index contributed by atoms with van der Waals surface area (Å²) in [6.07, 6.45) is 1.16. The molecule has 2 aromatic rings. The first-order valence-corrected chi connectivity index (χ1v) is 10.9. The molecule has 0 bridgehead atoms. The molecular formula is C20H24N2O5S. The van der Waals surface area contributed by atoms with Crippen LogP contribution >= 0.6 is 0 Å². The zero-order valence-corrected chi connectivity index (χ0v) is 17.0. The highest BCUT2D eigenvalue weighted by Gasteiger charge is 2.18. The Morgan fingerprint density at radius 2 is 1.75 bits per heavy atom. The van der Waals surface area contributed by atoms with Crippen LogP contribution in [0.3, 0.4) is 0 Å². The Balaban J connectivity index is 1.70. The number of fused-ring (bicyclic) bond motifs is 1. The fraction of sp³-hybridized carbons (Fsp3) is 0.350. The topological polar surface area (TPSA) is 84.9 Å². The van der Waals surface area contributed by atoms with Crippen LogP contribution in [0.4, 0.5) is 5.69 Å². The van der Waals surface area contributed by atoms with Crippen LogP contribution in [0.5, 0.6) is 11.5 Å². The van der Waals surface area contributed by atoms with Gasteiger partial charge in [-0.3, -0.25) is 9.10 Å². The van der Waals surface area contributed by atoms with Crippen molar-refractivity contribution in [3.05, 3.63) is 53.6 Å². The number of carbonyl (C=O) groups is 1. The Hall–Kier alpha value is -2.74. The molecule has 1 unspecified atom stereocenters. The zero-order valence-electron chi connectivity index (χ0n) is 16.1. The van der Waals surface area contributed by atoms with Crippen molar-refractivity contribution in [1.82, 2.24) is 5.32 Å². The number of amides is 1. The summed E-state index contributed by atoms with van der Waals surface area (Å²) >= 11 is 0. The molecule has 0 saturated heterocycles. The molecule has 0 saturated carbocycles. The van der Waals surface area contributed by atoms with Crippen molar-refractivity contribution < 1.29 is 22.7 Å². The summed E-state index contributed by atoms with van der Waals surface area (Å²) < 4.78 is 36.0. The number of hydrogen-bond acceptors (Lipinski definition) is 5. The number of benzene rings is 2. The first-order valence-electron chi connectivity index (χ1n) is 9.07. The third-order valence-corrected chi connectivity index (χ3v) is 5.79. The molecule has 0 aliphatic carbocycles. The van der Waals surface area contributed by atoms with Gasteiger partial charge in [-0.2, -0.15) is 0 Å². The predicted molar refractivity (Wildman–Crippen MR) is 108 cm³/mol. The molecule has 0 radical (unpaired) electrons. The second kappa shape index (κ2) is 8.10. The van der Waals surface area contributed by atoms with Crippen LogP contribution in [0.1, 0.15) is 35.8 Å². The summed E-state index contributed by atoms with van der Waals surface area (Å²) in [4.78, 5) is 12.6. The molecule has 0 spiro atoms. The average Bonchev–Trinajstić information content (AvgIpc) is 2.67. The maximum Gasteiger partial charge on any atom is 0.251 e. The number of hydrogen-bond donors (Lipinski definition) is 1. The van der Waals surface area contributed by atoms with Gasteiger partial charge in [-0.25, -0.2) is 8.42 Å². The number of ether oxygens (including phenoxy) is 2. The second-order valence-corrected chi connectivity index (χ2v) is 8.48. The van der Waals surface area contributed by atoms with Crippen molar-refractivity contribution in [3.8, 4) is 11.5 Å². The fourth-order valence-corrected chi connectivity index (χ4v) is 4.05. The van der Waals surface area contributed by atoms with E-state index in [0.717, 1.165) is 11.8 Å². The van der Waals surface area contributed by atoms with Crippen molar-refractivity contribution in [2.45, 2.75) is 19.9 Å². The standard InChI is InChI=1S/C20H24N2O5S/c1-4-22(28(3,24)25)17-8-5-15(6-9-17)20(23)21-14(2)16-7-10-18-19(13-16)27-12-11-26-18/h5-10,13-14H,4,11-12H2,1-3H3,(H,21,23). The van der Waals surface area contributed by atoms with Gasteiger partial charge >= 0.3 is 0 Å². The maximum absolute atomic E-state index is 12.6. The Kier molecular flexibility index (Phi) is 5.79. The Morgan fingerprint density at radius 1 is 1.11 bits per heavy atom. The highest BCUT2D eigenvalue weighted by Crippen LogP contribution is 2.32. The van der Waals surface area contributed by atoms with E-state index >= 15 is 0 Å². The van der Waals surface area contributed by atoms with Crippen LogP contribution in [0, 0.1) is 0 Å². The number of carbonyl (C=O) groups excluding carboxylic acids is 1. The Morgan fingerprint density at radius 3 is 2.36 bits per heavy atom. The van der Waals surface area contributed by atoms with Crippen LogP contribution in [-0.4, -0.2) is 40.3 Å². The van der Waals surface area contributed by atoms with Crippen molar-refractivity contribution in [1.29, 1.82) is 0 Å². The summed E-state index contributed by atoms with van der Waals surface area (Å²) in [6.45, 7) is 5.01. The molecule has 0 fully saturated rings. The Labute approximate surface area is 165 Å². The molecule has 3 rings (SSSR count). The minimum absolute atomic E-state index is 0.230. The molecule has 8 heteroatoms. The molecule has 28 heavy (non-hydrogen) atoms. The normalized spacial score (nSPS) is 14.2. The van der Waals surface area contributed by atoms with Crippen molar-refractivity contribution >= 4 is 21.6 Å². The van der Waals surface area contributed by atoms with Gasteiger partial charge in [0.2, 0.25) is 10.0 Å². The number of sulfonamides is 1. The molecule has 1 N–H and O–H groups in total. The number of nitrogens with zero attached hydrogens (tertiary/aromatic N) is 1. The van der Waals surface area contributed by atoms with Crippen LogP contribution in [-0.2, 0) is 10.0 Å². The summed E-state index contributed by atoms with van der Waals surface area (Å²) in [5.41, 5.74) is 1.89. The van der Waals surface area contributed by atoms with Gasteiger partial charge in [-0.1, -0.05) is 6.07 Å². The van der Waals surface area contributed by atoms with E-state index in [1.807, 2.05) is 25.1 Å². The van der Waals surface area contributed by atoms with Crippen LogP contribution in [0.15, 0.2) is 42.5 Å². The van der Waals surface area contributed by atoms with Crippen LogP contribution in [0.2, 0.25) is 0 Å². The largest absolute Gasteiger partial charge is 0.486 e. The lowest BCUT2D eigenvalue weighted by atomic mass is 10.1. The monoisotopic (exact) mass is 404 g/mol. The molecule has 1 atom stereocenters. The third kappa shape index (κ3) is 4.39. The molecule has 7 nitrogen and oxygen atoms in total. The minimum Gasteiger partial charge on any atom is -0.486 e. The first kappa shape index (κ1) is 20.0. The van der Waals surface area contributed by atoms with Crippen molar-refractivity contribution in [3.63, 3.8) is 0 Å². The number of nitrogens with one attached hydrogen (secondary N) is 1. The highest BCUT2D eigenvalue weighted by atomic mass is 32.2. The van der Waals surface area contributed by atoms with E-state index in [4.69, 9.17) is 9.47 Å². The van der Waals surface area contributed by atoms with E-state index in [1.165, 1.54) is 4.31 Å². The van der Waals surface area contributed by atoms with E-state index in [0.29, 0.717) is 42.5 Å². The first-order chi connectivity index (χ1) is 13.3. The maximum atomic E-state index is 12.6. The molecule has 1 aliphatic heterocycles. The van der Waals surface area contributed by atoms with E-state index < -0.39 is 10.0 Å². The van der Waals surface area contributed by atoms with Crippen LogP contribution in [0.25, 0.3) is 0 Å². The Bertz CT molecular complexity index is 957. The SMILES string of the molecule is CCN(c1ccc(C(=O)NC(C)c2ccc3c(c2)OCCO3)cc1)S(C)(=O)=O. The summed E-state index contributed by atoms with van der Waals surface area (Å²) in [6, 6.07) is 11.9. The van der Waals surface area contributed by atoms with Gasteiger partial charge in [0.15, 0.2) is 11.5 Å². The fourth-order valence-electron chi connectivity index (χ4n) is 3.08. The van der Waals surface area contributed by atoms with Gasteiger partial charge in [-0.05, 0) is 55.8 Å². The lowest BCUT2D eigenvalue weighted by Gasteiger charge is -2.22. The van der Waals surface area contributed by atoms with Gasteiger partial charge in [0.1, 0.15) is 13.2 Å². The third-order valence-electron chi connectivity index (χ3n) is 4.52. The lowest BCUT2D eigenvalue weighted by Crippen LogP contribution is -2.30. The molecule has 1 amide bonds. The highest BCUT2D eigenvalue weighted by molar-refractivity contribution is 7.92. The minimum atomic E-state index is -3.35. The van der Waals surface area contributed by atoms with Gasteiger partial charge in [0.05, 0.1) is 18.0 Å². The summed E-state index contributed by atoms with van der Waals surface area (Å²) in [5.74, 6) is 1.14. The molecule has 1 heterocycles. The molecule has 2 aromatic carbocycles. The van der Waals surface area contributed by atoms with Crippen molar-refractivity contribution in [2.75, 3.05) is 30.3 Å².